The number of rotatable bonds is 6. The van der Waals surface area contributed by atoms with Gasteiger partial charge in [-0.15, -0.1) is 11.6 Å². The molecule has 1 aromatic rings. The standard InChI is InChI=1S/C14H20ClNO2/c1-4-11(15)7-8-16-14(17)12-9-10(2)5-6-13(12)18-3/h5-6,9,11H,4,7-8H2,1-3H3,(H,16,17). The number of benzene rings is 1. The van der Waals surface area contributed by atoms with Gasteiger partial charge in [0.1, 0.15) is 5.75 Å². The minimum atomic E-state index is -0.115. The number of amides is 1. The van der Waals surface area contributed by atoms with Gasteiger partial charge in [-0.1, -0.05) is 18.6 Å². The number of carbonyl (C=O) groups excluding carboxylic acids is 1. The van der Waals surface area contributed by atoms with Crippen LogP contribution in [-0.4, -0.2) is 24.9 Å². The van der Waals surface area contributed by atoms with Crippen molar-refractivity contribution in [2.75, 3.05) is 13.7 Å². The number of alkyl halides is 1. The van der Waals surface area contributed by atoms with Crippen molar-refractivity contribution in [2.24, 2.45) is 0 Å². The molecule has 0 radical (unpaired) electrons. The van der Waals surface area contributed by atoms with Gasteiger partial charge in [-0.25, -0.2) is 0 Å². The van der Waals surface area contributed by atoms with Crippen molar-refractivity contribution in [3.63, 3.8) is 0 Å². The van der Waals surface area contributed by atoms with E-state index >= 15 is 0 Å². The highest BCUT2D eigenvalue weighted by Gasteiger charge is 2.12. The van der Waals surface area contributed by atoms with Gasteiger partial charge < -0.3 is 10.1 Å². The normalized spacial score (nSPS) is 12.0. The molecule has 0 aromatic heterocycles. The summed E-state index contributed by atoms with van der Waals surface area (Å²) in [7, 11) is 1.56. The molecule has 0 aliphatic heterocycles. The third-order valence-corrected chi connectivity index (χ3v) is 3.31. The summed E-state index contributed by atoms with van der Waals surface area (Å²) in [6.07, 6.45) is 1.68. The molecule has 0 aliphatic rings. The molecule has 0 bridgehead atoms. The molecular formula is C14H20ClNO2. The van der Waals surface area contributed by atoms with E-state index in [0.717, 1.165) is 18.4 Å². The van der Waals surface area contributed by atoms with Gasteiger partial charge in [-0.05, 0) is 31.9 Å². The summed E-state index contributed by atoms with van der Waals surface area (Å²) in [5.41, 5.74) is 1.60. The second-order valence-corrected chi connectivity index (χ2v) is 4.87. The van der Waals surface area contributed by atoms with Crippen LogP contribution in [0.3, 0.4) is 0 Å². The maximum Gasteiger partial charge on any atom is 0.255 e. The lowest BCUT2D eigenvalue weighted by Gasteiger charge is -2.11. The number of carbonyl (C=O) groups is 1. The predicted octanol–water partition coefficient (Wildman–Crippen LogP) is 3.14. The Hall–Kier alpha value is -1.22. The number of ether oxygens (including phenoxy) is 1. The highest BCUT2D eigenvalue weighted by molar-refractivity contribution is 6.20. The van der Waals surface area contributed by atoms with Gasteiger partial charge in [0.25, 0.3) is 5.91 Å². The van der Waals surface area contributed by atoms with Crippen LogP contribution in [0, 0.1) is 6.92 Å². The summed E-state index contributed by atoms with van der Waals surface area (Å²) in [5.74, 6) is 0.478. The quantitative estimate of drug-likeness (QED) is 0.806. The average Bonchev–Trinajstić information content (AvgIpc) is 2.38. The van der Waals surface area contributed by atoms with Crippen LogP contribution >= 0.6 is 11.6 Å². The fraction of sp³-hybridized carbons (Fsp3) is 0.500. The van der Waals surface area contributed by atoms with Crippen LogP contribution in [-0.2, 0) is 0 Å². The van der Waals surface area contributed by atoms with Crippen LogP contribution in [0.5, 0.6) is 5.75 Å². The maximum absolute atomic E-state index is 12.0. The lowest BCUT2D eigenvalue weighted by atomic mass is 10.1. The van der Waals surface area contributed by atoms with E-state index in [1.54, 1.807) is 13.2 Å². The van der Waals surface area contributed by atoms with Gasteiger partial charge in [0, 0.05) is 11.9 Å². The Morgan fingerprint density at radius 1 is 1.50 bits per heavy atom. The van der Waals surface area contributed by atoms with E-state index in [-0.39, 0.29) is 11.3 Å². The van der Waals surface area contributed by atoms with Crippen LogP contribution < -0.4 is 10.1 Å². The first kappa shape index (κ1) is 14.8. The minimum Gasteiger partial charge on any atom is -0.496 e. The summed E-state index contributed by atoms with van der Waals surface area (Å²) in [6.45, 7) is 4.56. The first-order valence-corrected chi connectivity index (χ1v) is 6.59. The molecule has 1 atom stereocenters. The van der Waals surface area contributed by atoms with Crippen molar-refractivity contribution in [1.29, 1.82) is 0 Å². The molecule has 0 fully saturated rings. The molecule has 4 heteroatoms. The third kappa shape index (κ3) is 4.22. The molecule has 3 nitrogen and oxygen atoms in total. The number of nitrogens with one attached hydrogen (secondary N) is 1. The first-order chi connectivity index (χ1) is 8.58. The lowest BCUT2D eigenvalue weighted by Crippen LogP contribution is -2.26. The Bertz CT molecular complexity index is 407. The van der Waals surface area contributed by atoms with E-state index < -0.39 is 0 Å². The maximum atomic E-state index is 12.0. The molecule has 1 amide bonds. The van der Waals surface area contributed by atoms with Crippen LogP contribution in [0.1, 0.15) is 35.7 Å². The predicted molar refractivity (Wildman–Crippen MR) is 74.6 cm³/mol. The average molecular weight is 270 g/mol. The van der Waals surface area contributed by atoms with Crippen molar-refractivity contribution in [2.45, 2.75) is 32.1 Å². The van der Waals surface area contributed by atoms with E-state index in [9.17, 15) is 4.79 Å². The monoisotopic (exact) mass is 269 g/mol. The number of methoxy groups -OCH3 is 1. The molecular weight excluding hydrogens is 250 g/mol. The zero-order chi connectivity index (χ0) is 13.5. The summed E-state index contributed by atoms with van der Waals surface area (Å²) in [6, 6.07) is 5.55. The molecule has 1 aromatic carbocycles. The van der Waals surface area contributed by atoms with Crippen LogP contribution in [0.4, 0.5) is 0 Å². The molecule has 1 rings (SSSR count). The Labute approximate surface area is 113 Å². The first-order valence-electron chi connectivity index (χ1n) is 6.15. The van der Waals surface area contributed by atoms with Gasteiger partial charge >= 0.3 is 0 Å². The summed E-state index contributed by atoms with van der Waals surface area (Å²) < 4.78 is 5.18. The van der Waals surface area contributed by atoms with Crippen LogP contribution in [0.15, 0.2) is 18.2 Å². The second-order valence-electron chi connectivity index (χ2n) is 4.25. The highest BCUT2D eigenvalue weighted by atomic mass is 35.5. The van der Waals surface area contributed by atoms with Crippen molar-refractivity contribution in [3.05, 3.63) is 29.3 Å². The zero-order valence-corrected chi connectivity index (χ0v) is 11.9. The Balaban J connectivity index is 2.63. The number of halogens is 1. The molecule has 0 saturated carbocycles. The zero-order valence-electron chi connectivity index (χ0n) is 11.1. The van der Waals surface area contributed by atoms with Crippen molar-refractivity contribution in [3.8, 4) is 5.75 Å². The van der Waals surface area contributed by atoms with E-state index in [1.165, 1.54) is 0 Å². The number of hydrogen-bond donors (Lipinski definition) is 1. The SMILES string of the molecule is CCC(Cl)CCNC(=O)c1cc(C)ccc1OC. The van der Waals surface area contributed by atoms with Crippen molar-refractivity contribution < 1.29 is 9.53 Å². The second kappa shape index (κ2) is 7.27. The van der Waals surface area contributed by atoms with Gasteiger partial charge in [0.15, 0.2) is 0 Å². The Kier molecular flexibility index (Phi) is 5.99. The Morgan fingerprint density at radius 3 is 2.83 bits per heavy atom. The van der Waals surface area contributed by atoms with Crippen LogP contribution in [0.2, 0.25) is 0 Å². The smallest absolute Gasteiger partial charge is 0.255 e. The summed E-state index contributed by atoms with van der Waals surface area (Å²) in [5, 5.41) is 2.98. The van der Waals surface area contributed by atoms with Gasteiger partial charge in [0.05, 0.1) is 12.7 Å². The van der Waals surface area contributed by atoms with E-state index in [2.05, 4.69) is 5.32 Å². The molecule has 0 spiro atoms. The summed E-state index contributed by atoms with van der Waals surface area (Å²) >= 11 is 6.00. The minimum absolute atomic E-state index is 0.115. The fourth-order valence-electron chi connectivity index (χ4n) is 1.64. The molecule has 0 aliphatic carbocycles. The largest absolute Gasteiger partial charge is 0.496 e. The fourth-order valence-corrected chi connectivity index (χ4v) is 1.75. The molecule has 1 unspecified atom stereocenters. The molecule has 0 saturated heterocycles. The number of aryl methyl sites for hydroxylation is 1. The van der Waals surface area contributed by atoms with E-state index in [4.69, 9.17) is 16.3 Å². The third-order valence-electron chi connectivity index (χ3n) is 2.79. The molecule has 0 heterocycles. The van der Waals surface area contributed by atoms with E-state index in [0.29, 0.717) is 17.9 Å². The van der Waals surface area contributed by atoms with Gasteiger partial charge in [0.2, 0.25) is 0 Å². The van der Waals surface area contributed by atoms with Gasteiger partial charge in [-0.3, -0.25) is 4.79 Å². The number of hydrogen-bond acceptors (Lipinski definition) is 2. The molecule has 1 N–H and O–H groups in total. The van der Waals surface area contributed by atoms with E-state index in [1.807, 2.05) is 26.0 Å². The van der Waals surface area contributed by atoms with Crippen LogP contribution in [0.25, 0.3) is 0 Å². The molecule has 18 heavy (non-hydrogen) atoms. The lowest BCUT2D eigenvalue weighted by molar-refractivity contribution is 0.0950. The Morgan fingerprint density at radius 2 is 2.22 bits per heavy atom. The molecule has 100 valence electrons. The summed E-state index contributed by atoms with van der Waals surface area (Å²) in [4.78, 5) is 12.0. The van der Waals surface area contributed by atoms with Gasteiger partial charge in [-0.2, -0.15) is 0 Å². The topological polar surface area (TPSA) is 38.3 Å². The highest BCUT2D eigenvalue weighted by Crippen LogP contribution is 2.19. The van der Waals surface area contributed by atoms with Crippen molar-refractivity contribution >= 4 is 17.5 Å². The van der Waals surface area contributed by atoms with Crippen molar-refractivity contribution in [1.82, 2.24) is 5.32 Å².